The molecular formula is C16H16N2O5. The lowest BCUT2D eigenvalue weighted by molar-refractivity contribution is -0.384. The molecule has 0 radical (unpaired) electrons. The van der Waals surface area contributed by atoms with Gasteiger partial charge < -0.3 is 14.8 Å². The molecule has 0 unspecified atom stereocenters. The molecule has 1 N–H and O–H groups in total. The Morgan fingerprint density at radius 3 is 2.48 bits per heavy atom. The van der Waals surface area contributed by atoms with Crippen molar-refractivity contribution in [3.63, 3.8) is 0 Å². The average molecular weight is 316 g/mol. The molecule has 1 atom stereocenters. The number of benzene rings is 2. The molecule has 1 amide bonds. The fraction of sp³-hybridized carbons (Fsp3) is 0.188. The minimum atomic E-state index is -0.806. The first-order chi connectivity index (χ1) is 11.0. The number of amides is 1. The van der Waals surface area contributed by atoms with Gasteiger partial charge in [0.2, 0.25) is 0 Å². The van der Waals surface area contributed by atoms with Crippen molar-refractivity contribution in [3.8, 4) is 11.5 Å². The van der Waals surface area contributed by atoms with Gasteiger partial charge in [-0.05, 0) is 31.2 Å². The number of nitro benzene ring substituents is 1. The van der Waals surface area contributed by atoms with E-state index in [1.807, 2.05) is 6.07 Å². The van der Waals surface area contributed by atoms with Crippen molar-refractivity contribution in [2.45, 2.75) is 13.0 Å². The van der Waals surface area contributed by atoms with Crippen molar-refractivity contribution in [1.82, 2.24) is 0 Å². The van der Waals surface area contributed by atoms with E-state index < -0.39 is 16.9 Å². The fourth-order valence-electron chi connectivity index (χ4n) is 1.89. The zero-order chi connectivity index (χ0) is 16.8. The van der Waals surface area contributed by atoms with Crippen LogP contribution in [-0.2, 0) is 4.79 Å². The van der Waals surface area contributed by atoms with Gasteiger partial charge >= 0.3 is 0 Å². The Morgan fingerprint density at radius 2 is 1.87 bits per heavy atom. The van der Waals surface area contributed by atoms with Crippen LogP contribution in [-0.4, -0.2) is 24.0 Å². The molecule has 0 bridgehead atoms. The van der Waals surface area contributed by atoms with Crippen molar-refractivity contribution in [2.24, 2.45) is 0 Å². The fourth-order valence-corrected chi connectivity index (χ4v) is 1.89. The maximum Gasteiger partial charge on any atom is 0.296 e. The molecule has 7 nitrogen and oxygen atoms in total. The van der Waals surface area contributed by atoms with Crippen molar-refractivity contribution in [2.75, 3.05) is 12.4 Å². The summed E-state index contributed by atoms with van der Waals surface area (Å²) in [5, 5.41) is 13.6. The van der Waals surface area contributed by atoms with Crippen LogP contribution in [0, 0.1) is 10.1 Å². The van der Waals surface area contributed by atoms with Gasteiger partial charge in [0.25, 0.3) is 11.6 Å². The topological polar surface area (TPSA) is 90.7 Å². The Balaban J connectivity index is 2.12. The molecule has 120 valence electrons. The van der Waals surface area contributed by atoms with Crippen molar-refractivity contribution >= 4 is 17.3 Å². The number of ether oxygens (including phenoxy) is 2. The number of carbonyl (C=O) groups excluding carboxylic acids is 1. The van der Waals surface area contributed by atoms with E-state index in [0.717, 1.165) is 0 Å². The second-order valence-electron chi connectivity index (χ2n) is 4.70. The molecule has 0 heterocycles. The van der Waals surface area contributed by atoms with Crippen molar-refractivity contribution < 1.29 is 19.2 Å². The number of hydrogen-bond donors (Lipinski definition) is 1. The standard InChI is InChI=1S/C16H16N2O5/c1-11(23-12-6-4-3-5-7-12)16(19)17-14-9-8-13(22-2)10-15(14)18(20)21/h3-11H,1-2H3,(H,17,19)/t11-/m1/s1. The molecule has 0 spiro atoms. The van der Waals surface area contributed by atoms with Crippen LogP contribution in [0.3, 0.4) is 0 Å². The molecule has 0 aromatic heterocycles. The highest BCUT2D eigenvalue weighted by Gasteiger charge is 2.21. The smallest absolute Gasteiger partial charge is 0.296 e. The number of rotatable bonds is 6. The summed E-state index contributed by atoms with van der Waals surface area (Å²) in [7, 11) is 1.41. The highest BCUT2D eigenvalue weighted by atomic mass is 16.6. The van der Waals surface area contributed by atoms with Gasteiger partial charge in [-0.25, -0.2) is 0 Å². The molecule has 2 aromatic rings. The number of nitro groups is 1. The predicted octanol–water partition coefficient (Wildman–Crippen LogP) is 3.01. The first-order valence-corrected chi connectivity index (χ1v) is 6.86. The summed E-state index contributed by atoms with van der Waals surface area (Å²) >= 11 is 0. The van der Waals surface area contributed by atoms with Gasteiger partial charge in [0.05, 0.1) is 18.1 Å². The molecule has 0 aliphatic rings. The minimum absolute atomic E-state index is 0.0873. The Kier molecular flexibility index (Phi) is 5.14. The first kappa shape index (κ1) is 16.3. The average Bonchev–Trinajstić information content (AvgIpc) is 2.55. The van der Waals surface area contributed by atoms with Gasteiger partial charge in [-0.1, -0.05) is 18.2 Å². The Bertz CT molecular complexity index is 703. The zero-order valence-electron chi connectivity index (χ0n) is 12.7. The highest BCUT2D eigenvalue weighted by Crippen LogP contribution is 2.29. The molecule has 0 saturated carbocycles. The summed E-state index contributed by atoms with van der Waals surface area (Å²) in [6.07, 6.45) is -0.806. The van der Waals surface area contributed by atoms with Crippen LogP contribution in [0.4, 0.5) is 11.4 Å². The number of nitrogens with one attached hydrogen (secondary N) is 1. The molecule has 23 heavy (non-hydrogen) atoms. The van der Waals surface area contributed by atoms with Crippen LogP contribution in [0.1, 0.15) is 6.92 Å². The zero-order valence-corrected chi connectivity index (χ0v) is 12.7. The van der Waals surface area contributed by atoms with Gasteiger partial charge in [-0.3, -0.25) is 14.9 Å². The van der Waals surface area contributed by atoms with Gasteiger partial charge in [-0.2, -0.15) is 0 Å². The molecule has 2 aromatic carbocycles. The predicted molar refractivity (Wildman–Crippen MR) is 84.8 cm³/mol. The summed E-state index contributed by atoms with van der Waals surface area (Å²) in [6.45, 7) is 1.57. The Hall–Kier alpha value is -3.09. The molecule has 0 aliphatic heterocycles. The van der Waals surface area contributed by atoms with E-state index in [9.17, 15) is 14.9 Å². The molecule has 7 heteroatoms. The number of anilines is 1. The van der Waals surface area contributed by atoms with Crippen LogP contribution < -0.4 is 14.8 Å². The Morgan fingerprint density at radius 1 is 1.17 bits per heavy atom. The minimum Gasteiger partial charge on any atom is -0.496 e. The normalized spacial score (nSPS) is 11.4. The second kappa shape index (κ2) is 7.26. The van der Waals surface area contributed by atoms with E-state index in [-0.39, 0.29) is 11.4 Å². The largest absolute Gasteiger partial charge is 0.496 e. The van der Waals surface area contributed by atoms with E-state index >= 15 is 0 Å². The van der Waals surface area contributed by atoms with Crippen LogP contribution >= 0.6 is 0 Å². The summed E-state index contributed by atoms with van der Waals surface area (Å²) in [6, 6.07) is 13.0. The van der Waals surface area contributed by atoms with Crippen molar-refractivity contribution in [1.29, 1.82) is 0 Å². The maximum atomic E-state index is 12.2. The van der Waals surface area contributed by atoms with E-state index in [2.05, 4.69) is 5.32 Å². The third-order valence-corrected chi connectivity index (χ3v) is 3.08. The summed E-state index contributed by atoms with van der Waals surface area (Å²) in [5.41, 5.74) is -0.158. The lowest BCUT2D eigenvalue weighted by atomic mass is 10.2. The molecule has 0 fully saturated rings. The van der Waals surface area contributed by atoms with Crippen LogP contribution in [0.15, 0.2) is 48.5 Å². The third-order valence-electron chi connectivity index (χ3n) is 3.08. The summed E-state index contributed by atoms with van der Waals surface area (Å²) < 4.78 is 10.4. The quantitative estimate of drug-likeness (QED) is 0.653. The number of methoxy groups -OCH3 is 1. The lowest BCUT2D eigenvalue weighted by Gasteiger charge is -2.15. The summed E-state index contributed by atoms with van der Waals surface area (Å²) in [4.78, 5) is 22.7. The van der Waals surface area contributed by atoms with E-state index in [0.29, 0.717) is 11.5 Å². The number of carbonyl (C=O) groups is 1. The highest BCUT2D eigenvalue weighted by molar-refractivity contribution is 5.96. The van der Waals surface area contributed by atoms with Gasteiger partial charge in [-0.15, -0.1) is 0 Å². The molecule has 0 saturated heterocycles. The second-order valence-corrected chi connectivity index (χ2v) is 4.70. The monoisotopic (exact) mass is 316 g/mol. The number of para-hydroxylation sites is 1. The van der Waals surface area contributed by atoms with Gasteiger partial charge in [0, 0.05) is 0 Å². The number of nitrogens with zero attached hydrogens (tertiary/aromatic N) is 1. The Labute approximate surface area is 133 Å². The SMILES string of the molecule is COc1ccc(NC(=O)[C@@H](C)Oc2ccccc2)c([N+](=O)[O-])c1. The maximum absolute atomic E-state index is 12.2. The molecule has 0 aliphatic carbocycles. The van der Waals surface area contributed by atoms with Crippen LogP contribution in [0.2, 0.25) is 0 Å². The van der Waals surface area contributed by atoms with Crippen LogP contribution in [0.25, 0.3) is 0 Å². The number of hydrogen-bond acceptors (Lipinski definition) is 5. The molecular weight excluding hydrogens is 300 g/mol. The van der Waals surface area contributed by atoms with E-state index in [4.69, 9.17) is 9.47 Å². The molecule has 2 rings (SSSR count). The van der Waals surface area contributed by atoms with E-state index in [1.54, 1.807) is 31.2 Å². The first-order valence-electron chi connectivity index (χ1n) is 6.86. The van der Waals surface area contributed by atoms with Crippen molar-refractivity contribution in [3.05, 3.63) is 58.6 Å². The third kappa shape index (κ3) is 4.19. The summed E-state index contributed by atoms with van der Waals surface area (Å²) in [5.74, 6) is 0.393. The van der Waals surface area contributed by atoms with Gasteiger partial charge in [0.15, 0.2) is 6.10 Å². The van der Waals surface area contributed by atoms with Crippen LogP contribution in [0.5, 0.6) is 11.5 Å². The lowest BCUT2D eigenvalue weighted by Crippen LogP contribution is -2.30. The van der Waals surface area contributed by atoms with E-state index in [1.165, 1.54) is 25.3 Å². The van der Waals surface area contributed by atoms with Gasteiger partial charge in [0.1, 0.15) is 17.2 Å².